The molecule has 20 heavy (non-hydrogen) atoms. The van der Waals surface area contributed by atoms with Gasteiger partial charge < -0.3 is 9.67 Å². The van der Waals surface area contributed by atoms with E-state index in [0.717, 1.165) is 18.0 Å². The van der Waals surface area contributed by atoms with Crippen molar-refractivity contribution in [2.24, 2.45) is 0 Å². The molecule has 1 aromatic heterocycles. The summed E-state index contributed by atoms with van der Waals surface area (Å²) in [4.78, 5) is 25.6. The average molecular weight is 320 g/mol. The molecule has 0 saturated carbocycles. The number of hydrogen-bond acceptors (Lipinski definition) is 6. The quantitative estimate of drug-likeness (QED) is 0.591. The largest absolute Gasteiger partial charge is 0.481 e. The summed E-state index contributed by atoms with van der Waals surface area (Å²) >= 11 is 0.878. The summed E-state index contributed by atoms with van der Waals surface area (Å²) in [6.45, 7) is 3.21. The van der Waals surface area contributed by atoms with Crippen LogP contribution in [0.25, 0.3) is 0 Å². The number of nitrogens with zero attached hydrogens (tertiary/aromatic N) is 2. The van der Waals surface area contributed by atoms with Crippen molar-refractivity contribution in [3.8, 4) is 0 Å². The van der Waals surface area contributed by atoms with E-state index in [0.29, 0.717) is 0 Å². The topological polar surface area (TPSA) is 106 Å². The van der Waals surface area contributed by atoms with E-state index >= 15 is 0 Å². The molecule has 0 radical (unpaired) electrons. The molecule has 0 aliphatic rings. The van der Waals surface area contributed by atoms with E-state index in [1.54, 1.807) is 13.8 Å². The van der Waals surface area contributed by atoms with Gasteiger partial charge in [-0.15, -0.1) is 0 Å². The maximum absolute atomic E-state index is 11.7. The van der Waals surface area contributed by atoms with Gasteiger partial charge in [0.05, 0.1) is 10.5 Å². The maximum atomic E-state index is 11.7. The molecule has 0 atom stereocenters. The number of sulfone groups is 1. The van der Waals surface area contributed by atoms with Crippen LogP contribution in [-0.2, 0) is 21.2 Å². The normalized spacial score (nSPS) is 12.3. The number of hydrogen-bond donors (Lipinski definition) is 1. The molecule has 1 aromatic rings. The lowest BCUT2D eigenvalue weighted by Gasteiger charge is -2.24. The van der Waals surface area contributed by atoms with Gasteiger partial charge in [-0.05, 0) is 13.8 Å². The molecule has 0 unspecified atom stereocenters. The number of carbonyl (C=O) groups is 1. The Balaban J connectivity index is 3.12. The highest BCUT2D eigenvalue weighted by Gasteiger charge is 2.31. The molecule has 9 heteroatoms. The summed E-state index contributed by atoms with van der Waals surface area (Å²) in [6.07, 6.45) is 2.56. The summed E-state index contributed by atoms with van der Waals surface area (Å²) in [5, 5.41) is 8.86. The van der Waals surface area contributed by atoms with E-state index in [4.69, 9.17) is 5.11 Å². The second kappa shape index (κ2) is 5.96. The Morgan fingerprint density at radius 2 is 2.10 bits per heavy atom. The molecule has 7 nitrogen and oxygen atoms in total. The van der Waals surface area contributed by atoms with Crippen molar-refractivity contribution in [2.45, 2.75) is 30.3 Å². The van der Waals surface area contributed by atoms with Crippen molar-refractivity contribution in [3.05, 3.63) is 22.6 Å². The van der Waals surface area contributed by atoms with Crippen LogP contribution in [-0.4, -0.2) is 45.8 Å². The maximum Gasteiger partial charge on any atom is 0.313 e. The van der Waals surface area contributed by atoms with E-state index in [9.17, 15) is 18.0 Å². The van der Waals surface area contributed by atoms with Gasteiger partial charge >= 0.3 is 5.97 Å². The van der Waals surface area contributed by atoms with E-state index < -0.39 is 26.1 Å². The van der Waals surface area contributed by atoms with Gasteiger partial charge in [0.1, 0.15) is 0 Å². The molecule has 0 aliphatic heterocycles. The van der Waals surface area contributed by atoms with Gasteiger partial charge in [-0.25, -0.2) is 8.42 Å². The highest BCUT2D eigenvalue weighted by molar-refractivity contribution is 7.99. The van der Waals surface area contributed by atoms with Crippen molar-refractivity contribution in [2.75, 3.05) is 12.0 Å². The molecular weight excluding hydrogens is 304 g/mol. The number of aliphatic carboxylic acids is 1. The van der Waals surface area contributed by atoms with Gasteiger partial charge in [-0.3, -0.25) is 9.59 Å². The van der Waals surface area contributed by atoms with E-state index in [1.165, 1.54) is 16.8 Å². The van der Waals surface area contributed by atoms with Gasteiger partial charge in [-0.2, -0.15) is 4.98 Å². The van der Waals surface area contributed by atoms with Crippen molar-refractivity contribution < 1.29 is 18.3 Å². The second-order valence-electron chi connectivity index (χ2n) is 4.89. The first-order valence-electron chi connectivity index (χ1n) is 5.64. The van der Waals surface area contributed by atoms with Crippen molar-refractivity contribution in [3.63, 3.8) is 0 Å². The molecule has 1 rings (SSSR count). The molecule has 0 spiro atoms. The lowest BCUT2D eigenvalue weighted by atomic mass is 10.2. The molecule has 0 aliphatic carbocycles. The van der Waals surface area contributed by atoms with Crippen LogP contribution in [0.15, 0.2) is 22.2 Å². The van der Waals surface area contributed by atoms with Gasteiger partial charge in [0.15, 0.2) is 15.0 Å². The first-order chi connectivity index (χ1) is 9.03. The zero-order chi connectivity index (χ0) is 15.6. The smallest absolute Gasteiger partial charge is 0.313 e. The third-order valence-electron chi connectivity index (χ3n) is 2.73. The molecule has 0 saturated heterocycles. The number of aromatic nitrogens is 2. The Labute approximate surface area is 121 Å². The van der Waals surface area contributed by atoms with E-state index in [-0.39, 0.29) is 17.5 Å². The molecular formula is C11H16N2O5S2. The highest BCUT2D eigenvalue weighted by Crippen LogP contribution is 2.21. The highest BCUT2D eigenvalue weighted by atomic mass is 32.2. The third-order valence-corrected chi connectivity index (χ3v) is 5.84. The SMILES string of the molecule is CC(C)(Cn1ccc(=O)nc1SCC(=O)O)S(C)(=O)=O. The Morgan fingerprint density at radius 1 is 1.50 bits per heavy atom. The van der Waals surface area contributed by atoms with Crippen molar-refractivity contribution in [1.82, 2.24) is 9.55 Å². The minimum absolute atomic E-state index is 0.0844. The van der Waals surface area contributed by atoms with Crippen LogP contribution < -0.4 is 5.56 Å². The summed E-state index contributed by atoms with van der Waals surface area (Å²) in [6, 6.07) is 1.21. The molecule has 0 aromatic carbocycles. The van der Waals surface area contributed by atoms with Crippen LogP contribution in [0.5, 0.6) is 0 Å². The van der Waals surface area contributed by atoms with Crippen LogP contribution in [0, 0.1) is 0 Å². The molecule has 0 bridgehead atoms. The minimum Gasteiger partial charge on any atom is -0.481 e. The zero-order valence-electron chi connectivity index (χ0n) is 11.4. The molecule has 1 N–H and O–H groups in total. The number of thioether (sulfide) groups is 1. The van der Waals surface area contributed by atoms with E-state index in [1.807, 2.05) is 0 Å². The fraction of sp³-hybridized carbons (Fsp3) is 0.545. The van der Waals surface area contributed by atoms with Crippen LogP contribution in [0.2, 0.25) is 0 Å². The molecule has 112 valence electrons. The predicted molar refractivity (Wildman–Crippen MR) is 75.8 cm³/mol. The lowest BCUT2D eigenvalue weighted by Crippen LogP contribution is -2.36. The standard InChI is InChI=1S/C11H16N2O5S2/c1-11(2,20(3,17)18)7-13-5-4-8(14)12-10(13)19-6-9(15)16/h4-5H,6-7H2,1-3H3,(H,15,16). The minimum atomic E-state index is -3.31. The fourth-order valence-electron chi connectivity index (χ4n) is 1.30. The van der Waals surface area contributed by atoms with Crippen LogP contribution in [0.3, 0.4) is 0 Å². The Bertz CT molecular complexity index is 664. The summed E-state index contributed by atoms with van der Waals surface area (Å²) < 4.78 is 23.8. The zero-order valence-corrected chi connectivity index (χ0v) is 13.0. The van der Waals surface area contributed by atoms with Gasteiger partial charge in [0.2, 0.25) is 0 Å². The Morgan fingerprint density at radius 3 is 2.60 bits per heavy atom. The lowest BCUT2D eigenvalue weighted by molar-refractivity contribution is -0.133. The van der Waals surface area contributed by atoms with Crippen LogP contribution >= 0.6 is 11.8 Å². The van der Waals surface area contributed by atoms with E-state index in [2.05, 4.69) is 4.98 Å². The van der Waals surface area contributed by atoms with Gasteiger partial charge in [0.25, 0.3) is 5.56 Å². The van der Waals surface area contributed by atoms with Crippen molar-refractivity contribution >= 4 is 27.6 Å². The predicted octanol–water partition coefficient (Wildman–Crippen LogP) is 0.243. The average Bonchev–Trinajstić information content (AvgIpc) is 2.27. The van der Waals surface area contributed by atoms with Crippen LogP contribution in [0.1, 0.15) is 13.8 Å². The first kappa shape index (κ1) is 16.7. The summed E-state index contributed by atoms with van der Waals surface area (Å²) in [5.74, 6) is -1.29. The Hall–Kier alpha value is -1.35. The molecule has 0 amide bonds. The number of carboxylic acids is 1. The number of carboxylic acid groups (broad SMARTS) is 1. The molecule has 0 fully saturated rings. The van der Waals surface area contributed by atoms with Gasteiger partial charge in [0, 0.05) is 25.1 Å². The molecule has 1 heterocycles. The summed E-state index contributed by atoms with van der Waals surface area (Å²) in [5.41, 5.74) is -0.494. The third kappa shape index (κ3) is 4.34. The summed E-state index contributed by atoms with van der Waals surface area (Å²) in [7, 11) is -3.31. The number of rotatable bonds is 6. The fourth-order valence-corrected chi connectivity index (χ4v) is 2.37. The van der Waals surface area contributed by atoms with Crippen molar-refractivity contribution in [1.29, 1.82) is 0 Å². The first-order valence-corrected chi connectivity index (χ1v) is 8.52. The Kier molecular flexibility index (Phi) is 4.98. The second-order valence-corrected chi connectivity index (χ2v) is 8.48. The van der Waals surface area contributed by atoms with Crippen LogP contribution in [0.4, 0.5) is 0 Å². The van der Waals surface area contributed by atoms with Gasteiger partial charge in [-0.1, -0.05) is 11.8 Å². The monoisotopic (exact) mass is 320 g/mol.